The molecule has 0 amide bonds. The van der Waals surface area contributed by atoms with Crippen LogP contribution < -0.4 is 69.3 Å². The van der Waals surface area contributed by atoms with Crippen LogP contribution in [0.4, 0.5) is 0 Å². The molecule has 0 saturated carbocycles. The van der Waals surface area contributed by atoms with Gasteiger partial charge in [0.25, 0.3) is 5.79 Å². The number of aliphatic carboxylic acids is 1. The van der Waals surface area contributed by atoms with E-state index >= 15 is 0 Å². The van der Waals surface area contributed by atoms with Crippen molar-refractivity contribution in [3.8, 4) is 0 Å². The van der Waals surface area contributed by atoms with Crippen LogP contribution in [0.15, 0.2) is 9.98 Å². The fourth-order valence-corrected chi connectivity index (χ4v) is 7.49. The molecule has 0 aromatic rings. The summed E-state index contributed by atoms with van der Waals surface area (Å²) in [6.45, 7) is -0.222. The van der Waals surface area contributed by atoms with Gasteiger partial charge in [0.1, 0.15) is 91.4 Å². The third kappa shape index (κ3) is 14.1. The van der Waals surface area contributed by atoms with Crippen LogP contribution in [-0.2, 0) is 57.3 Å². The number of carboxylic acids is 1. The van der Waals surface area contributed by atoms with Crippen LogP contribution in [0, 0.1) is 0 Å². The van der Waals surface area contributed by atoms with E-state index in [1.165, 1.54) is 6.92 Å². The Morgan fingerprint density at radius 1 is 0.810 bits per heavy atom. The van der Waals surface area contributed by atoms with Crippen LogP contribution in [0.1, 0.15) is 27.2 Å². The molecule has 4 heterocycles. The number of carbonyl (C=O) groups is 1. The van der Waals surface area contributed by atoms with Crippen molar-refractivity contribution in [3.63, 3.8) is 0 Å². The molecule has 4 aliphatic heterocycles. The molecule has 0 aromatic heterocycles. The molecule has 0 spiro atoms. The number of aliphatic imine (C=N–C) groups is 2. The van der Waals surface area contributed by atoms with E-state index < -0.39 is 183 Å². The molecule has 12 N–H and O–H groups in total. The number of ether oxygens (including phenoxy) is 8. The average Bonchev–Trinajstić information content (AvgIpc) is 3.18. The fourth-order valence-electron chi connectivity index (χ4n) is 7.18. The quantitative estimate of drug-likeness (QED) is 0.0279. The third-order valence-corrected chi connectivity index (χ3v) is 10.6. The van der Waals surface area contributed by atoms with E-state index in [-0.39, 0.29) is 59.1 Å². The first-order chi connectivity index (χ1) is 28.4. The molecule has 0 radical (unpaired) electrons. The molecule has 4 saturated heterocycles. The summed E-state index contributed by atoms with van der Waals surface area (Å²) < 4.78 is 82.3. The Morgan fingerprint density at radius 2 is 1.37 bits per heavy atom. The van der Waals surface area contributed by atoms with Crippen molar-refractivity contribution in [2.45, 2.75) is 155 Å². The number of rotatable bonds is 17. The molecule has 0 unspecified atom stereocenters. The topological polar surface area (TPSA) is 448 Å². The minimum absolute atomic E-state index is 0. The monoisotopic (exact) mass is 958 g/mol. The second kappa shape index (κ2) is 24.7. The van der Waals surface area contributed by atoms with Crippen molar-refractivity contribution >= 4 is 28.2 Å². The van der Waals surface area contributed by atoms with E-state index in [0.717, 1.165) is 21.0 Å². The van der Waals surface area contributed by atoms with Crippen LogP contribution in [-0.4, -0.2) is 242 Å². The Kier molecular flexibility index (Phi) is 23.0. The van der Waals surface area contributed by atoms with Gasteiger partial charge in [0.15, 0.2) is 18.9 Å². The molecule has 354 valence electrons. The van der Waals surface area contributed by atoms with Crippen molar-refractivity contribution in [1.29, 1.82) is 0 Å². The third-order valence-electron chi connectivity index (χ3n) is 10.2. The number of aliphatic hydroxyl groups is 10. The standard InChI is InChI=1S/C32H54N2O26S.2Na/c1-9-18(41)21(44)22(45)29(54-9)58-26-17(34-11(3)38)28(52-4)55-14(7-36)24(26)57-30-23(46)27(20(43)15(56-30)8-53-61(49,50)51)60-32(31(47)48)5-12(39)16(33-10(2)37)25(59-32)19(42)13(40)6-35;;/h9,12-30,35-36,39-46H,5-8H2,1-4H3,(H,33,37)(H,34,38)(H,47,48)(H,49,50,51);;/q;2*+1/p-2/t9-,12-,13+,14+,15+,16+,17+,18+,19+,20-,21+,22-,23+,24+,25+,26+,27-,28+,29-,30-,32-;;/m0../s1. The van der Waals surface area contributed by atoms with Crippen LogP contribution in [0.3, 0.4) is 0 Å². The zero-order chi connectivity index (χ0) is 45.9. The number of hydrogen-bond donors (Lipinski definition) is 12. The van der Waals surface area contributed by atoms with E-state index in [4.69, 9.17) is 37.9 Å². The summed E-state index contributed by atoms with van der Waals surface area (Å²) in [4.78, 5) is 20.5. The first kappa shape index (κ1) is 58.7. The number of aliphatic hydroxyl groups excluding tert-OH is 10. The Labute approximate surface area is 403 Å². The molecule has 0 bridgehead atoms. The van der Waals surface area contributed by atoms with Gasteiger partial charge >= 0.3 is 75.5 Å². The minimum atomic E-state index is -5.31. The number of hydrogen-bond acceptors (Lipinski definition) is 26. The van der Waals surface area contributed by atoms with Crippen molar-refractivity contribution < 1.29 is 185 Å². The zero-order valence-corrected chi connectivity index (χ0v) is 39.6. The molecule has 63 heavy (non-hydrogen) atoms. The number of methoxy groups -OCH3 is 1. The smallest absolute Gasteiger partial charge is 0.862 e. The summed E-state index contributed by atoms with van der Waals surface area (Å²) in [6, 6.07) is -3.41. The summed E-state index contributed by atoms with van der Waals surface area (Å²) >= 11 is 0. The van der Waals surface area contributed by atoms with Crippen molar-refractivity contribution in [3.05, 3.63) is 0 Å². The normalized spacial score (nSPS) is 42.7. The Hall–Kier alpha value is -0.440. The summed E-state index contributed by atoms with van der Waals surface area (Å²) in [6.07, 6.45) is -36.9. The van der Waals surface area contributed by atoms with Gasteiger partial charge in [0, 0.05) is 13.5 Å². The Bertz CT molecular complexity index is 1630. The second-order valence-corrected chi connectivity index (χ2v) is 15.7. The van der Waals surface area contributed by atoms with Crippen LogP contribution in [0.25, 0.3) is 0 Å². The van der Waals surface area contributed by atoms with Gasteiger partial charge in [0.05, 0.1) is 32.0 Å². The molecule has 31 heteroatoms. The van der Waals surface area contributed by atoms with Gasteiger partial charge in [-0.05, 0) is 32.6 Å². The molecule has 0 aliphatic carbocycles. The van der Waals surface area contributed by atoms with Crippen LogP contribution >= 0.6 is 0 Å². The molecular formula is C32H52N2Na2O26S. The summed E-state index contributed by atoms with van der Waals surface area (Å²) in [5.41, 5.74) is 0. The molecule has 4 aliphatic rings. The Morgan fingerprint density at radius 3 is 1.89 bits per heavy atom. The molecule has 21 atom stereocenters. The van der Waals surface area contributed by atoms with Gasteiger partial charge in [-0.15, -0.1) is 0 Å². The van der Waals surface area contributed by atoms with E-state index in [9.17, 15) is 84.1 Å². The number of nitrogens with zero attached hydrogens (tertiary/aromatic N) is 2. The molecular weight excluding hydrogens is 906 g/mol. The molecule has 4 fully saturated rings. The maximum absolute atomic E-state index is 13.0. The van der Waals surface area contributed by atoms with E-state index in [0.29, 0.717) is 0 Å². The van der Waals surface area contributed by atoms with Gasteiger partial charge in [-0.1, -0.05) is 0 Å². The van der Waals surface area contributed by atoms with Gasteiger partial charge in [-0.2, -0.15) is 8.42 Å². The average molecular weight is 959 g/mol. The predicted molar refractivity (Wildman–Crippen MR) is 187 cm³/mol. The maximum Gasteiger partial charge on any atom is 1.00 e. The molecule has 28 nitrogen and oxygen atoms in total. The van der Waals surface area contributed by atoms with Gasteiger partial charge in [0.2, 0.25) is 0 Å². The van der Waals surface area contributed by atoms with Crippen LogP contribution in [0.5, 0.6) is 0 Å². The molecule has 0 aromatic carbocycles. The van der Waals surface area contributed by atoms with E-state index in [1.54, 1.807) is 0 Å². The first-order valence-corrected chi connectivity index (χ1v) is 19.9. The fraction of sp³-hybridized carbons (Fsp3) is 0.906. The van der Waals surface area contributed by atoms with Gasteiger partial charge in [-0.3, -0.25) is 14.5 Å². The summed E-state index contributed by atoms with van der Waals surface area (Å²) in [5, 5.41) is 141. The largest absolute Gasteiger partial charge is 1.00 e. The van der Waals surface area contributed by atoms with Crippen molar-refractivity contribution in [2.24, 2.45) is 9.98 Å². The zero-order valence-electron chi connectivity index (χ0n) is 34.8. The predicted octanol–water partition coefficient (Wildman–Crippen LogP) is -15.5. The van der Waals surface area contributed by atoms with E-state index in [1.807, 2.05) is 0 Å². The van der Waals surface area contributed by atoms with Gasteiger partial charge < -0.3 is 104 Å². The van der Waals surface area contributed by atoms with Crippen molar-refractivity contribution in [2.75, 3.05) is 26.9 Å². The second-order valence-electron chi connectivity index (χ2n) is 14.6. The van der Waals surface area contributed by atoms with Gasteiger partial charge in [-0.25, -0.2) is 8.98 Å². The molecule has 4 rings (SSSR count). The maximum atomic E-state index is 13.0. The summed E-state index contributed by atoms with van der Waals surface area (Å²) in [7, 11) is -4.20. The first-order valence-electron chi connectivity index (χ1n) is 18.5. The minimum Gasteiger partial charge on any atom is -0.862 e. The van der Waals surface area contributed by atoms with Crippen molar-refractivity contribution in [1.82, 2.24) is 0 Å². The van der Waals surface area contributed by atoms with Crippen LogP contribution in [0.2, 0.25) is 0 Å². The summed E-state index contributed by atoms with van der Waals surface area (Å²) in [5.74, 6) is -7.22. The number of carboxylic acid groups (broad SMARTS) is 1. The van der Waals surface area contributed by atoms with E-state index in [2.05, 4.69) is 14.2 Å². The SMILES string of the molecule is CO[C@@H]1O[C@H](CO)[C@@H](O[C@@H]2O[C@H](COS(=O)(=O)O)[C@H](O)[C@H](O[C@]3(C(=O)O)C[C@H](O)[C@@H](N=C(C)[O-])[C@H]([C@H](O)[C@H](O)CO)O3)[C@H]2O)[C@H](O[C@@H]2O[C@@H](C)[C@@H](O)[C@@H](O)[C@@H]2O)[C@H]1N=C(C)[O-].[Na+].[Na+]. The Balaban J connectivity index is 0.00000683.